The molecule has 0 saturated carbocycles. The van der Waals surface area contributed by atoms with Gasteiger partial charge in [-0.1, -0.05) is 36.0 Å². The highest BCUT2D eigenvalue weighted by atomic mass is 32.2. The molecule has 3 nitrogen and oxygen atoms in total. The summed E-state index contributed by atoms with van der Waals surface area (Å²) in [4.78, 5) is 8.94. The lowest BCUT2D eigenvalue weighted by Crippen LogP contribution is -2.26. The van der Waals surface area contributed by atoms with Crippen LogP contribution in [0.2, 0.25) is 0 Å². The van der Waals surface area contributed by atoms with Crippen molar-refractivity contribution in [2.75, 3.05) is 13.1 Å². The molecule has 0 radical (unpaired) electrons. The Hall–Kier alpha value is -1.55. The van der Waals surface area contributed by atoms with Crippen LogP contribution in [0.4, 0.5) is 0 Å². The van der Waals surface area contributed by atoms with Gasteiger partial charge in [0.05, 0.1) is 5.52 Å². The third kappa shape index (κ3) is 2.48. The fourth-order valence-electron chi connectivity index (χ4n) is 2.04. The topological polar surface area (TPSA) is 37.3 Å². The van der Waals surface area contributed by atoms with Crippen molar-refractivity contribution in [1.82, 2.24) is 10.3 Å². The fraction of sp³-hybridized carbons (Fsp3) is 0.286. The zero-order chi connectivity index (χ0) is 12.2. The summed E-state index contributed by atoms with van der Waals surface area (Å²) in [6, 6.07) is 10.4. The summed E-state index contributed by atoms with van der Waals surface area (Å²) in [6.45, 7) is 1.99. The van der Waals surface area contributed by atoms with E-state index in [0.29, 0.717) is 0 Å². The van der Waals surface area contributed by atoms with E-state index in [1.165, 1.54) is 10.9 Å². The number of hydrogen-bond acceptors (Lipinski definition) is 4. The molecule has 1 aromatic carbocycles. The molecule has 2 heterocycles. The average molecular weight is 257 g/mol. The molecule has 4 heteroatoms. The first-order valence-corrected chi connectivity index (χ1v) is 7.16. The number of pyridine rings is 1. The summed E-state index contributed by atoms with van der Waals surface area (Å²) in [5.74, 6) is 0.917. The zero-order valence-electron chi connectivity index (χ0n) is 10.1. The van der Waals surface area contributed by atoms with E-state index in [4.69, 9.17) is 0 Å². The average Bonchev–Trinajstić information content (AvgIpc) is 2.46. The van der Waals surface area contributed by atoms with Crippen LogP contribution in [0, 0.1) is 0 Å². The van der Waals surface area contributed by atoms with Gasteiger partial charge in [0.25, 0.3) is 0 Å². The van der Waals surface area contributed by atoms with Gasteiger partial charge in [0.1, 0.15) is 0 Å². The van der Waals surface area contributed by atoms with Gasteiger partial charge in [-0.2, -0.15) is 0 Å². The Balaban J connectivity index is 1.80. The molecule has 3 rings (SSSR count). The lowest BCUT2D eigenvalue weighted by molar-refractivity contribution is 0.751. The number of rotatable bonds is 2. The predicted octanol–water partition coefficient (Wildman–Crippen LogP) is 2.82. The van der Waals surface area contributed by atoms with E-state index in [2.05, 4.69) is 39.6 Å². The van der Waals surface area contributed by atoms with E-state index in [1.807, 2.05) is 12.3 Å². The van der Waals surface area contributed by atoms with Crippen LogP contribution in [0.3, 0.4) is 0 Å². The Kier molecular flexibility index (Phi) is 3.46. The normalized spacial score (nSPS) is 15.2. The molecule has 18 heavy (non-hydrogen) atoms. The van der Waals surface area contributed by atoms with Gasteiger partial charge in [-0.05, 0) is 18.1 Å². The monoisotopic (exact) mass is 257 g/mol. The lowest BCUT2D eigenvalue weighted by Gasteiger charge is -2.14. The van der Waals surface area contributed by atoms with E-state index in [0.717, 1.165) is 35.9 Å². The van der Waals surface area contributed by atoms with Crippen LogP contribution in [-0.2, 0) is 5.75 Å². The number of aliphatic imine (C=N–C) groups is 1. The number of benzene rings is 1. The fourth-order valence-corrected chi connectivity index (χ4v) is 2.95. The Labute approximate surface area is 111 Å². The quantitative estimate of drug-likeness (QED) is 0.899. The maximum absolute atomic E-state index is 4.47. The maximum atomic E-state index is 4.47. The zero-order valence-corrected chi connectivity index (χ0v) is 10.9. The summed E-state index contributed by atoms with van der Waals surface area (Å²) in [7, 11) is 0. The third-order valence-electron chi connectivity index (χ3n) is 2.95. The van der Waals surface area contributed by atoms with Gasteiger partial charge in [-0.15, -0.1) is 0 Å². The van der Waals surface area contributed by atoms with Gasteiger partial charge >= 0.3 is 0 Å². The minimum absolute atomic E-state index is 0.917. The molecule has 0 amide bonds. The summed E-state index contributed by atoms with van der Waals surface area (Å²) in [5.41, 5.74) is 2.37. The van der Waals surface area contributed by atoms with Gasteiger partial charge in [0, 0.05) is 30.4 Å². The summed E-state index contributed by atoms with van der Waals surface area (Å²) >= 11 is 1.76. The molecule has 2 aromatic rings. The van der Waals surface area contributed by atoms with Crippen molar-refractivity contribution in [2.24, 2.45) is 4.99 Å². The summed E-state index contributed by atoms with van der Waals surface area (Å²) in [6.07, 6.45) is 2.99. The SMILES string of the molecule is c1cnc2c(CSC3=NCCCN3)cccc2c1. The number of aromatic nitrogens is 1. The summed E-state index contributed by atoms with van der Waals surface area (Å²) in [5, 5.41) is 5.60. The largest absolute Gasteiger partial charge is 0.365 e. The molecule has 0 spiro atoms. The van der Waals surface area contributed by atoms with Crippen LogP contribution in [0.1, 0.15) is 12.0 Å². The van der Waals surface area contributed by atoms with E-state index < -0.39 is 0 Å². The highest BCUT2D eigenvalue weighted by Gasteiger charge is 2.07. The number of amidine groups is 1. The number of nitrogens with zero attached hydrogens (tertiary/aromatic N) is 2. The Morgan fingerprint density at radius 3 is 3.06 bits per heavy atom. The van der Waals surface area contributed by atoms with E-state index >= 15 is 0 Å². The van der Waals surface area contributed by atoms with Gasteiger partial charge in [0.15, 0.2) is 5.17 Å². The molecule has 0 atom stereocenters. The Morgan fingerprint density at radius 1 is 1.22 bits per heavy atom. The van der Waals surface area contributed by atoms with Crippen molar-refractivity contribution in [3.8, 4) is 0 Å². The van der Waals surface area contributed by atoms with Crippen molar-refractivity contribution in [2.45, 2.75) is 12.2 Å². The van der Waals surface area contributed by atoms with Crippen molar-refractivity contribution in [1.29, 1.82) is 0 Å². The number of thioether (sulfide) groups is 1. The van der Waals surface area contributed by atoms with Crippen molar-refractivity contribution < 1.29 is 0 Å². The van der Waals surface area contributed by atoms with Crippen LogP contribution < -0.4 is 5.32 Å². The molecule has 0 saturated heterocycles. The molecule has 0 fully saturated rings. The maximum Gasteiger partial charge on any atom is 0.156 e. The first-order chi connectivity index (χ1) is 8.93. The van der Waals surface area contributed by atoms with Crippen molar-refractivity contribution in [3.63, 3.8) is 0 Å². The minimum atomic E-state index is 0.917. The highest BCUT2D eigenvalue weighted by Crippen LogP contribution is 2.21. The predicted molar refractivity (Wildman–Crippen MR) is 78.0 cm³/mol. The standard InChI is InChI=1S/C14H15N3S/c1-4-11-6-2-7-15-13(11)12(5-1)10-18-14-16-8-3-9-17-14/h1-2,4-7H,3,8-10H2,(H,16,17). The van der Waals surface area contributed by atoms with Crippen molar-refractivity contribution in [3.05, 3.63) is 42.1 Å². The third-order valence-corrected chi connectivity index (χ3v) is 3.95. The summed E-state index contributed by atoms with van der Waals surface area (Å²) < 4.78 is 0. The second kappa shape index (κ2) is 5.40. The smallest absolute Gasteiger partial charge is 0.156 e. The molecular weight excluding hydrogens is 242 g/mol. The molecular formula is C14H15N3S. The number of para-hydroxylation sites is 1. The molecule has 1 N–H and O–H groups in total. The molecule has 0 unspecified atom stereocenters. The van der Waals surface area contributed by atoms with Crippen molar-refractivity contribution >= 4 is 27.8 Å². The molecule has 1 aromatic heterocycles. The second-order valence-corrected chi connectivity index (χ2v) is 5.21. The number of hydrogen-bond donors (Lipinski definition) is 1. The number of fused-ring (bicyclic) bond motifs is 1. The van der Waals surface area contributed by atoms with Gasteiger partial charge in [-0.3, -0.25) is 9.98 Å². The Morgan fingerprint density at radius 2 is 2.17 bits per heavy atom. The highest BCUT2D eigenvalue weighted by molar-refractivity contribution is 8.13. The molecule has 0 aliphatic carbocycles. The first kappa shape index (κ1) is 11.5. The van der Waals surface area contributed by atoms with Crippen LogP contribution in [0.15, 0.2) is 41.5 Å². The van der Waals surface area contributed by atoms with E-state index in [9.17, 15) is 0 Å². The minimum Gasteiger partial charge on any atom is -0.365 e. The van der Waals surface area contributed by atoms with Crippen LogP contribution >= 0.6 is 11.8 Å². The molecule has 1 aliphatic heterocycles. The molecule has 1 aliphatic rings. The number of nitrogens with one attached hydrogen (secondary N) is 1. The van der Waals surface area contributed by atoms with E-state index in [-0.39, 0.29) is 0 Å². The molecule has 0 bridgehead atoms. The van der Waals surface area contributed by atoms with E-state index in [1.54, 1.807) is 11.8 Å². The lowest BCUT2D eigenvalue weighted by atomic mass is 10.1. The molecule has 92 valence electrons. The first-order valence-electron chi connectivity index (χ1n) is 6.17. The van der Waals surface area contributed by atoms with Crippen LogP contribution in [-0.4, -0.2) is 23.2 Å². The van der Waals surface area contributed by atoms with Crippen LogP contribution in [0.25, 0.3) is 10.9 Å². The van der Waals surface area contributed by atoms with Crippen LogP contribution in [0.5, 0.6) is 0 Å². The van der Waals surface area contributed by atoms with Gasteiger partial charge < -0.3 is 5.32 Å². The second-order valence-electron chi connectivity index (χ2n) is 4.25. The van der Waals surface area contributed by atoms with Gasteiger partial charge in [0.2, 0.25) is 0 Å². The van der Waals surface area contributed by atoms with Gasteiger partial charge in [-0.25, -0.2) is 0 Å². The Bertz CT molecular complexity index is 575.